The van der Waals surface area contributed by atoms with Crippen LogP contribution in [0.4, 0.5) is 17.2 Å². The zero-order valence-electron chi connectivity index (χ0n) is 16.3. The number of pyridine rings is 1. The summed E-state index contributed by atoms with van der Waals surface area (Å²) in [5.41, 5.74) is 3.84. The van der Waals surface area contributed by atoms with Gasteiger partial charge in [-0.2, -0.15) is 5.26 Å². The Balaban J connectivity index is 1.22. The van der Waals surface area contributed by atoms with Crippen LogP contribution in [0, 0.1) is 11.3 Å². The van der Waals surface area contributed by atoms with Crippen LogP contribution in [0.5, 0.6) is 0 Å². The second kappa shape index (κ2) is 7.37. The van der Waals surface area contributed by atoms with Gasteiger partial charge in [0, 0.05) is 51.2 Å². The predicted molar refractivity (Wildman–Crippen MR) is 112 cm³/mol. The molecule has 29 heavy (non-hydrogen) atoms. The average Bonchev–Trinajstić information content (AvgIpc) is 3.25. The van der Waals surface area contributed by atoms with Crippen molar-refractivity contribution in [3.8, 4) is 6.07 Å². The number of rotatable bonds is 3. The lowest BCUT2D eigenvalue weighted by Crippen LogP contribution is -2.46. The maximum Gasteiger partial charge on any atom is 0.247 e. The van der Waals surface area contributed by atoms with Gasteiger partial charge in [-0.1, -0.05) is 0 Å². The highest BCUT2D eigenvalue weighted by atomic mass is 16.2. The lowest BCUT2D eigenvalue weighted by atomic mass is 10.1. The lowest BCUT2D eigenvalue weighted by Gasteiger charge is -2.36. The first-order valence-electron chi connectivity index (χ1n) is 10.3. The molecular formula is C22H24N6O. The normalized spacial score (nSPS) is 21.3. The smallest absolute Gasteiger partial charge is 0.247 e. The molecule has 7 nitrogen and oxygen atoms in total. The molecule has 5 rings (SSSR count). The van der Waals surface area contributed by atoms with Gasteiger partial charge in [0.2, 0.25) is 5.91 Å². The van der Waals surface area contributed by atoms with Crippen molar-refractivity contribution >= 4 is 23.1 Å². The first-order chi connectivity index (χ1) is 14.2. The molecule has 3 aliphatic rings. The number of carbonyl (C=O) groups excluding carboxylic acids is 1. The quantitative estimate of drug-likeness (QED) is 0.869. The Labute approximate surface area is 170 Å². The molecule has 148 valence electrons. The van der Waals surface area contributed by atoms with Crippen LogP contribution in [0.15, 0.2) is 36.5 Å². The maximum atomic E-state index is 12.3. The molecule has 3 aliphatic heterocycles. The van der Waals surface area contributed by atoms with Crippen molar-refractivity contribution in [2.24, 2.45) is 0 Å². The van der Waals surface area contributed by atoms with E-state index < -0.39 is 0 Å². The van der Waals surface area contributed by atoms with Crippen LogP contribution in [0.1, 0.15) is 24.0 Å². The molecule has 0 saturated carbocycles. The van der Waals surface area contributed by atoms with Crippen LogP contribution >= 0.6 is 0 Å². The van der Waals surface area contributed by atoms with Crippen LogP contribution < -0.4 is 15.1 Å². The van der Waals surface area contributed by atoms with Crippen molar-refractivity contribution in [2.45, 2.75) is 25.4 Å². The molecule has 1 aromatic heterocycles. The van der Waals surface area contributed by atoms with E-state index in [-0.39, 0.29) is 11.9 Å². The number of benzene rings is 1. The van der Waals surface area contributed by atoms with Gasteiger partial charge in [-0.3, -0.25) is 9.69 Å². The Morgan fingerprint density at radius 1 is 1.14 bits per heavy atom. The van der Waals surface area contributed by atoms with Gasteiger partial charge >= 0.3 is 0 Å². The van der Waals surface area contributed by atoms with Crippen LogP contribution in [0.25, 0.3) is 0 Å². The summed E-state index contributed by atoms with van der Waals surface area (Å²) in [5.74, 6) is 1.02. The molecule has 2 aromatic rings. The van der Waals surface area contributed by atoms with Gasteiger partial charge in [-0.25, -0.2) is 4.98 Å². The lowest BCUT2D eigenvalue weighted by molar-refractivity contribution is -0.117. The van der Waals surface area contributed by atoms with E-state index in [1.165, 1.54) is 5.69 Å². The van der Waals surface area contributed by atoms with Gasteiger partial charge < -0.3 is 15.1 Å². The van der Waals surface area contributed by atoms with E-state index in [4.69, 9.17) is 5.26 Å². The summed E-state index contributed by atoms with van der Waals surface area (Å²) in [6, 6.07) is 12.0. The number of fused-ring (bicyclic) bond motifs is 3. The third-order valence-corrected chi connectivity index (χ3v) is 6.15. The molecular weight excluding hydrogens is 364 g/mol. The molecule has 1 aromatic carbocycles. The Morgan fingerprint density at radius 3 is 2.69 bits per heavy atom. The van der Waals surface area contributed by atoms with Crippen molar-refractivity contribution in [1.82, 2.24) is 9.88 Å². The minimum Gasteiger partial charge on any atom is -0.369 e. The van der Waals surface area contributed by atoms with Crippen LogP contribution in [0.3, 0.4) is 0 Å². The highest BCUT2D eigenvalue weighted by molar-refractivity contribution is 6.03. The molecule has 1 amide bonds. The van der Waals surface area contributed by atoms with E-state index in [0.717, 1.165) is 69.2 Å². The second-order valence-electron chi connectivity index (χ2n) is 7.98. The molecule has 1 unspecified atom stereocenters. The van der Waals surface area contributed by atoms with Gasteiger partial charge in [-0.15, -0.1) is 0 Å². The summed E-state index contributed by atoms with van der Waals surface area (Å²) in [7, 11) is 0. The third-order valence-electron chi connectivity index (χ3n) is 6.15. The standard InChI is InChI=1S/C22H24N6O/c23-13-16-3-5-18(6-4-16)27-10-8-26(9-11-27)15-17-12-19-21(24-14-17)28-7-1-2-20(28)22(29)25-19/h3-6,12,14,20H,1-2,7-11,15H2,(H,25,29). The van der Waals surface area contributed by atoms with E-state index in [1.54, 1.807) is 0 Å². The zero-order chi connectivity index (χ0) is 19.8. The number of nitrogens with zero attached hydrogens (tertiary/aromatic N) is 5. The molecule has 2 fully saturated rings. The SMILES string of the molecule is N#Cc1ccc(N2CCN(Cc3cnc4c(c3)NC(=O)C3CCCN43)CC2)cc1. The molecule has 1 N–H and O–H groups in total. The number of nitrogens with one attached hydrogen (secondary N) is 1. The molecule has 2 saturated heterocycles. The van der Waals surface area contributed by atoms with Crippen molar-refractivity contribution < 1.29 is 4.79 Å². The second-order valence-corrected chi connectivity index (χ2v) is 7.98. The Bertz CT molecular complexity index is 958. The fourth-order valence-corrected chi connectivity index (χ4v) is 4.59. The molecule has 0 bridgehead atoms. The first kappa shape index (κ1) is 18.0. The van der Waals surface area contributed by atoms with Gasteiger partial charge in [0.15, 0.2) is 5.82 Å². The van der Waals surface area contributed by atoms with Gasteiger partial charge in [-0.05, 0) is 48.7 Å². The molecule has 0 aliphatic carbocycles. The Hall–Kier alpha value is -3.11. The van der Waals surface area contributed by atoms with Crippen molar-refractivity contribution in [3.63, 3.8) is 0 Å². The summed E-state index contributed by atoms with van der Waals surface area (Å²) in [6.07, 6.45) is 3.92. The maximum absolute atomic E-state index is 12.3. The highest BCUT2D eigenvalue weighted by Gasteiger charge is 2.37. The Kier molecular flexibility index (Phi) is 4.57. The number of amides is 1. The third kappa shape index (κ3) is 3.40. The first-order valence-corrected chi connectivity index (χ1v) is 10.3. The summed E-state index contributed by atoms with van der Waals surface area (Å²) >= 11 is 0. The molecule has 1 atom stereocenters. The molecule has 4 heterocycles. The summed E-state index contributed by atoms with van der Waals surface area (Å²) < 4.78 is 0. The minimum absolute atomic E-state index is 0.0452. The topological polar surface area (TPSA) is 75.5 Å². The van der Waals surface area contributed by atoms with Crippen molar-refractivity contribution in [1.29, 1.82) is 5.26 Å². The monoisotopic (exact) mass is 388 g/mol. The van der Waals surface area contributed by atoms with Crippen LogP contribution in [-0.4, -0.2) is 54.6 Å². The number of hydrogen-bond donors (Lipinski definition) is 1. The van der Waals surface area contributed by atoms with E-state index in [0.29, 0.717) is 5.56 Å². The van der Waals surface area contributed by atoms with E-state index in [9.17, 15) is 4.79 Å². The fraction of sp³-hybridized carbons (Fsp3) is 0.409. The van der Waals surface area contributed by atoms with E-state index in [1.807, 2.05) is 30.5 Å². The highest BCUT2D eigenvalue weighted by Crippen LogP contribution is 2.35. The molecule has 0 radical (unpaired) electrons. The number of nitriles is 1. The summed E-state index contributed by atoms with van der Waals surface area (Å²) in [4.78, 5) is 24.0. The zero-order valence-corrected chi connectivity index (χ0v) is 16.3. The molecule has 7 heteroatoms. The van der Waals surface area contributed by atoms with E-state index >= 15 is 0 Å². The fourth-order valence-electron chi connectivity index (χ4n) is 4.59. The van der Waals surface area contributed by atoms with Crippen LogP contribution in [0.2, 0.25) is 0 Å². The summed E-state index contributed by atoms with van der Waals surface area (Å²) in [6.45, 7) is 5.59. The van der Waals surface area contributed by atoms with Gasteiger partial charge in [0.05, 0.1) is 17.3 Å². The Morgan fingerprint density at radius 2 is 1.93 bits per heavy atom. The summed E-state index contributed by atoms with van der Waals surface area (Å²) in [5, 5.41) is 12.0. The van der Waals surface area contributed by atoms with Gasteiger partial charge in [0.25, 0.3) is 0 Å². The largest absolute Gasteiger partial charge is 0.369 e. The van der Waals surface area contributed by atoms with Crippen molar-refractivity contribution in [3.05, 3.63) is 47.7 Å². The molecule has 0 spiro atoms. The number of anilines is 3. The number of carbonyl (C=O) groups is 1. The van der Waals surface area contributed by atoms with Crippen LogP contribution in [-0.2, 0) is 11.3 Å². The average molecular weight is 388 g/mol. The number of aromatic nitrogens is 1. The van der Waals surface area contributed by atoms with E-state index in [2.05, 4.69) is 37.1 Å². The minimum atomic E-state index is -0.0452. The van der Waals surface area contributed by atoms with Crippen molar-refractivity contribution in [2.75, 3.05) is 47.8 Å². The number of piperazine rings is 1. The predicted octanol–water partition coefficient (Wildman–Crippen LogP) is 2.20. The van der Waals surface area contributed by atoms with Gasteiger partial charge in [0.1, 0.15) is 6.04 Å². The number of hydrogen-bond acceptors (Lipinski definition) is 6.